The second-order valence-corrected chi connectivity index (χ2v) is 4.28. The molecule has 0 saturated heterocycles. The molecule has 0 bridgehead atoms. The van der Waals surface area contributed by atoms with Gasteiger partial charge in [-0.15, -0.1) is 0 Å². The van der Waals surface area contributed by atoms with Gasteiger partial charge in [-0.2, -0.15) is 13.2 Å². The van der Waals surface area contributed by atoms with Crippen molar-refractivity contribution in [1.82, 2.24) is 9.97 Å². The fraction of sp³-hybridized carbons (Fsp3) is 0.167. The van der Waals surface area contributed by atoms with E-state index in [2.05, 4.69) is 20.6 Å². The Morgan fingerprint density at radius 3 is 2.40 bits per heavy atom. The van der Waals surface area contributed by atoms with Crippen molar-refractivity contribution in [2.75, 3.05) is 17.7 Å². The zero-order valence-electron chi connectivity index (χ0n) is 10.3. The van der Waals surface area contributed by atoms with E-state index < -0.39 is 12.0 Å². The highest BCUT2D eigenvalue weighted by Gasteiger charge is 2.35. The van der Waals surface area contributed by atoms with Gasteiger partial charge >= 0.3 is 6.18 Å². The molecule has 20 heavy (non-hydrogen) atoms. The molecule has 0 aliphatic carbocycles. The van der Waals surface area contributed by atoms with Gasteiger partial charge in [-0.3, -0.25) is 0 Å². The summed E-state index contributed by atoms with van der Waals surface area (Å²) in [4.78, 5) is 6.82. The van der Waals surface area contributed by atoms with Crippen LogP contribution in [-0.4, -0.2) is 17.0 Å². The van der Waals surface area contributed by atoms with E-state index in [1.54, 1.807) is 24.3 Å². The molecule has 2 rings (SSSR count). The number of halogens is 4. The van der Waals surface area contributed by atoms with E-state index in [1.165, 1.54) is 13.1 Å². The molecule has 2 aromatic rings. The molecule has 0 atom stereocenters. The Balaban J connectivity index is 2.36. The molecule has 0 aliphatic rings. The second-order valence-electron chi connectivity index (χ2n) is 3.85. The summed E-state index contributed by atoms with van der Waals surface area (Å²) < 4.78 is 38.1. The monoisotopic (exact) mass is 302 g/mol. The molecule has 8 heteroatoms. The largest absolute Gasteiger partial charge is 0.451 e. The fourth-order valence-corrected chi connectivity index (χ4v) is 1.67. The number of anilines is 3. The van der Waals surface area contributed by atoms with Crippen molar-refractivity contribution in [1.29, 1.82) is 0 Å². The Labute approximate surface area is 118 Å². The lowest BCUT2D eigenvalue weighted by molar-refractivity contribution is -0.144. The first-order valence-corrected chi connectivity index (χ1v) is 5.93. The molecule has 1 aromatic carbocycles. The maximum absolute atomic E-state index is 12.7. The van der Waals surface area contributed by atoms with E-state index in [4.69, 9.17) is 11.6 Å². The molecule has 0 fully saturated rings. The van der Waals surface area contributed by atoms with Gasteiger partial charge in [-0.1, -0.05) is 17.7 Å². The van der Waals surface area contributed by atoms with Crippen LogP contribution in [0, 0.1) is 0 Å². The van der Waals surface area contributed by atoms with Crippen molar-refractivity contribution in [3.8, 4) is 0 Å². The van der Waals surface area contributed by atoms with Gasteiger partial charge in [0.2, 0.25) is 5.82 Å². The Hall–Kier alpha value is -2.02. The third-order valence-electron chi connectivity index (χ3n) is 2.33. The lowest BCUT2D eigenvalue weighted by Gasteiger charge is -2.11. The Kier molecular flexibility index (Phi) is 3.99. The molecule has 1 heterocycles. The molecular formula is C12H10ClF3N4. The van der Waals surface area contributed by atoms with E-state index in [0.717, 1.165) is 0 Å². The van der Waals surface area contributed by atoms with Gasteiger partial charge in [-0.25, -0.2) is 9.97 Å². The second kappa shape index (κ2) is 5.54. The summed E-state index contributed by atoms with van der Waals surface area (Å²) in [5.74, 6) is -1.12. The molecule has 1 aromatic heterocycles. The highest BCUT2D eigenvalue weighted by molar-refractivity contribution is 6.30. The summed E-state index contributed by atoms with van der Waals surface area (Å²) in [6.07, 6.45) is -4.61. The minimum Gasteiger partial charge on any atom is -0.373 e. The molecule has 2 N–H and O–H groups in total. The van der Waals surface area contributed by atoms with Crippen LogP contribution in [0.2, 0.25) is 5.02 Å². The Bertz CT molecular complexity index is 616. The fourth-order valence-electron chi connectivity index (χ4n) is 1.48. The molecule has 0 amide bonds. The smallest absolute Gasteiger partial charge is 0.373 e. The summed E-state index contributed by atoms with van der Waals surface area (Å²) in [6, 6.07) is 7.95. The van der Waals surface area contributed by atoms with E-state index in [0.29, 0.717) is 10.7 Å². The van der Waals surface area contributed by atoms with Crippen molar-refractivity contribution in [3.05, 3.63) is 41.2 Å². The average Bonchev–Trinajstić information content (AvgIpc) is 2.37. The van der Waals surface area contributed by atoms with Crippen LogP contribution < -0.4 is 10.6 Å². The topological polar surface area (TPSA) is 49.8 Å². The number of nitrogens with zero attached hydrogens (tertiary/aromatic N) is 2. The molecule has 0 saturated carbocycles. The Morgan fingerprint density at radius 1 is 1.10 bits per heavy atom. The molecular weight excluding hydrogens is 293 g/mol. The number of hydrogen-bond acceptors (Lipinski definition) is 4. The van der Waals surface area contributed by atoms with Crippen LogP contribution in [0.3, 0.4) is 0 Å². The highest BCUT2D eigenvalue weighted by atomic mass is 35.5. The summed E-state index contributed by atoms with van der Waals surface area (Å²) >= 11 is 5.81. The average molecular weight is 303 g/mol. The van der Waals surface area contributed by atoms with Crippen molar-refractivity contribution in [3.63, 3.8) is 0 Å². The molecule has 0 unspecified atom stereocenters. The number of benzene rings is 1. The first-order chi connectivity index (χ1) is 9.38. The van der Waals surface area contributed by atoms with Crippen LogP contribution in [0.15, 0.2) is 30.3 Å². The lowest BCUT2D eigenvalue weighted by Crippen LogP contribution is -2.13. The Morgan fingerprint density at radius 2 is 1.80 bits per heavy atom. The van der Waals surface area contributed by atoms with Gasteiger partial charge < -0.3 is 10.6 Å². The number of aromatic nitrogens is 2. The van der Waals surface area contributed by atoms with Crippen LogP contribution in [0.1, 0.15) is 5.82 Å². The summed E-state index contributed by atoms with van der Waals surface area (Å²) in [6.45, 7) is 0. The SMILES string of the molecule is CNc1cc(Nc2cccc(Cl)c2)nc(C(F)(F)F)n1. The van der Waals surface area contributed by atoms with Crippen LogP contribution >= 0.6 is 11.6 Å². The van der Waals surface area contributed by atoms with Crippen molar-refractivity contribution in [2.45, 2.75) is 6.18 Å². The number of nitrogens with one attached hydrogen (secondary N) is 2. The maximum Gasteiger partial charge on any atom is 0.451 e. The van der Waals surface area contributed by atoms with E-state index >= 15 is 0 Å². The summed E-state index contributed by atoms with van der Waals surface area (Å²) in [5.41, 5.74) is 0.534. The van der Waals surface area contributed by atoms with E-state index in [1.807, 2.05) is 0 Å². The van der Waals surface area contributed by atoms with Crippen LogP contribution in [0.25, 0.3) is 0 Å². The van der Waals surface area contributed by atoms with Crippen molar-refractivity contribution < 1.29 is 13.2 Å². The predicted octanol–water partition coefficient (Wildman–Crippen LogP) is 3.93. The van der Waals surface area contributed by atoms with E-state index in [9.17, 15) is 13.2 Å². The zero-order valence-corrected chi connectivity index (χ0v) is 11.0. The van der Waals surface area contributed by atoms with Gasteiger partial charge in [0.15, 0.2) is 0 Å². The van der Waals surface area contributed by atoms with Crippen molar-refractivity contribution in [2.24, 2.45) is 0 Å². The maximum atomic E-state index is 12.7. The zero-order chi connectivity index (χ0) is 14.8. The van der Waals surface area contributed by atoms with Gasteiger partial charge in [0, 0.05) is 23.8 Å². The van der Waals surface area contributed by atoms with E-state index in [-0.39, 0.29) is 11.6 Å². The van der Waals surface area contributed by atoms with Crippen LogP contribution in [0.4, 0.5) is 30.5 Å². The summed E-state index contributed by atoms with van der Waals surface area (Å²) in [7, 11) is 1.48. The minimum atomic E-state index is -4.61. The third kappa shape index (κ3) is 3.51. The predicted molar refractivity (Wildman–Crippen MR) is 71.3 cm³/mol. The standard InChI is InChI=1S/C12H10ClF3N4/c1-17-9-6-10(20-11(19-9)12(14,15)16)18-8-4-2-3-7(13)5-8/h2-6H,1H3,(H2,17,18,19,20). The highest BCUT2D eigenvalue weighted by Crippen LogP contribution is 2.29. The van der Waals surface area contributed by atoms with Crippen LogP contribution in [0.5, 0.6) is 0 Å². The molecule has 4 nitrogen and oxygen atoms in total. The molecule has 106 valence electrons. The van der Waals surface area contributed by atoms with Gasteiger partial charge in [-0.05, 0) is 18.2 Å². The third-order valence-corrected chi connectivity index (χ3v) is 2.57. The normalized spacial score (nSPS) is 11.2. The minimum absolute atomic E-state index is 0.0268. The van der Waals surface area contributed by atoms with Crippen LogP contribution in [-0.2, 0) is 6.18 Å². The lowest BCUT2D eigenvalue weighted by atomic mass is 10.3. The van der Waals surface area contributed by atoms with Gasteiger partial charge in [0.05, 0.1) is 0 Å². The van der Waals surface area contributed by atoms with Gasteiger partial charge in [0.1, 0.15) is 11.6 Å². The molecule has 0 radical (unpaired) electrons. The number of rotatable bonds is 3. The summed E-state index contributed by atoms with van der Waals surface area (Å²) in [5, 5.41) is 5.78. The molecule has 0 aliphatic heterocycles. The van der Waals surface area contributed by atoms with Gasteiger partial charge in [0.25, 0.3) is 0 Å². The molecule has 0 spiro atoms. The quantitative estimate of drug-likeness (QED) is 0.902. The number of hydrogen-bond donors (Lipinski definition) is 2. The van der Waals surface area contributed by atoms with Crippen molar-refractivity contribution >= 4 is 28.9 Å². The first-order valence-electron chi connectivity index (χ1n) is 5.55. The number of alkyl halides is 3. The first kappa shape index (κ1) is 14.4.